The van der Waals surface area contributed by atoms with Crippen molar-refractivity contribution in [2.45, 2.75) is 367 Å². The van der Waals surface area contributed by atoms with E-state index < -0.39 is 6.10 Å². The highest BCUT2D eigenvalue weighted by atomic mass is 16.6. The molecule has 0 aromatic rings. The first-order valence-corrected chi connectivity index (χ1v) is 31.0. The standard InChI is InChI=1S/C62H120O6/c1-4-7-10-13-16-19-22-25-28-30-31-33-35-38-41-44-47-50-53-56-62(65)68-59(57-66-60(63)54-51-48-45-42-39-36-27-24-21-18-15-12-9-6-3)58-67-61(64)55-52-49-46-43-40-37-34-32-29-26-23-20-17-14-11-8-5-2/h59H,4-58H2,1-3H3/t59-/m0/s1. The molecule has 0 fully saturated rings. The topological polar surface area (TPSA) is 78.9 Å². The summed E-state index contributed by atoms with van der Waals surface area (Å²) in [5.41, 5.74) is 0. The predicted octanol–water partition coefficient (Wildman–Crippen LogP) is 20.7. The Hall–Kier alpha value is -1.59. The van der Waals surface area contributed by atoms with Crippen LogP contribution < -0.4 is 0 Å². The van der Waals surface area contributed by atoms with E-state index in [1.54, 1.807) is 0 Å². The Labute approximate surface area is 425 Å². The first-order valence-electron chi connectivity index (χ1n) is 31.0. The van der Waals surface area contributed by atoms with Gasteiger partial charge in [-0.2, -0.15) is 0 Å². The molecule has 0 N–H and O–H groups in total. The van der Waals surface area contributed by atoms with Gasteiger partial charge < -0.3 is 14.2 Å². The minimum Gasteiger partial charge on any atom is -0.462 e. The second kappa shape index (κ2) is 58.0. The summed E-state index contributed by atoms with van der Waals surface area (Å²) >= 11 is 0. The first kappa shape index (κ1) is 66.4. The van der Waals surface area contributed by atoms with Crippen molar-refractivity contribution in [3.8, 4) is 0 Å². The fourth-order valence-electron chi connectivity index (χ4n) is 9.68. The van der Waals surface area contributed by atoms with Gasteiger partial charge in [0.1, 0.15) is 13.2 Å². The molecule has 404 valence electrons. The summed E-state index contributed by atoms with van der Waals surface area (Å²) < 4.78 is 16.9. The highest BCUT2D eigenvalue weighted by molar-refractivity contribution is 5.71. The Bertz CT molecular complexity index is 1010. The van der Waals surface area contributed by atoms with Crippen molar-refractivity contribution in [1.29, 1.82) is 0 Å². The van der Waals surface area contributed by atoms with Crippen molar-refractivity contribution in [3.63, 3.8) is 0 Å². The molecular weight excluding hydrogens is 841 g/mol. The predicted molar refractivity (Wildman–Crippen MR) is 294 cm³/mol. The first-order chi connectivity index (χ1) is 33.5. The lowest BCUT2D eigenvalue weighted by molar-refractivity contribution is -0.167. The maximum absolute atomic E-state index is 12.9. The Morgan fingerprint density at radius 2 is 0.397 bits per heavy atom. The average Bonchev–Trinajstić information content (AvgIpc) is 3.34. The number of carbonyl (C=O) groups is 3. The van der Waals surface area contributed by atoms with Gasteiger partial charge >= 0.3 is 17.9 Å². The van der Waals surface area contributed by atoms with Gasteiger partial charge in [-0.15, -0.1) is 0 Å². The number of rotatable bonds is 58. The molecular formula is C62H120O6. The van der Waals surface area contributed by atoms with E-state index in [0.29, 0.717) is 19.3 Å². The molecule has 6 heteroatoms. The summed E-state index contributed by atoms with van der Waals surface area (Å²) in [4.78, 5) is 38.2. The number of hydrogen-bond donors (Lipinski definition) is 0. The van der Waals surface area contributed by atoms with Crippen LogP contribution >= 0.6 is 0 Å². The van der Waals surface area contributed by atoms with Crippen LogP contribution in [0.4, 0.5) is 0 Å². The zero-order valence-electron chi connectivity index (χ0n) is 46.4. The van der Waals surface area contributed by atoms with E-state index in [9.17, 15) is 14.4 Å². The van der Waals surface area contributed by atoms with E-state index in [2.05, 4.69) is 20.8 Å². The molecule has 0 aromatic heterocycles. The molecule has 0 spiro atoms. The fraction of sp³-hybridized carbons (Fsp3) is 0.952. The normalized spacial score (nSPS) is 11.9. The Morgan fingerprint density at radius 1 is 0.235 bits per heavy atom. The second-order valence-corrected chi connectivity index (χ2v) is 21.3. The van der Waals surface area contributed by atoms with Gasteiger partial charge in [-0.3, -0.25) is 14.4 Å². The lowest BCUT2D eigenvalue weighted by Crippen LogP contribution is -2.30. The van der Waals surface area contributed by atoms with Crippen LogP contribution in [-0.4, -0.2) is 37.2 Å². The third-order valence-electron chi connectivity index (χ3n) is 14.4. The van der Waals surface area contributed by atoms with Crippen molar-refractivity contribution in [3.05, 3.63) is 0 Å². The Morgan fingerprint density at radius 3 is 0.588 bits per heavy atom. The lowest BCUT2D eigenvalue weighted by Gasteiger charge is -2.18. The molecule has 0 amide bonds. The van der Waals surface area contributed by atoms with Gasteiger partial charge in [0.2, 0.25) is 0 Å². The highest BCUT2D eigenvalue weighted by Crippen LogP contribution is 2.18. The van der Waals surface area contributed by atoms with Crippen LogP contribution in [0.1, 0.15) is 361 Å². The van der Waals surface area contributed by atoms with E-state index in [1.165, 1.54) is 263 Å². The van der Waals surface area contributed by atoms with E-state index in [1.807, 2.05) is 0 Å². The number of hydrogen-bond acceptors (Lipinski definition) is 6. The molecule has 0 aliphatic carbocycles. The van der Waals surface area contributed by atoms with Crippen LogP contribution in [0.3, 0.4) is 0 Å². The largest absolute Gasteiger partial charge is 0.462 e. The third kappa shape index (κ3) is 55.3. The van der Waals surface area contributed by atoms with Crippen molar-refractivity contribution < 1.29 is 28.6 Å². The quantitative estimate of drug-likeness (QED) is 0.0343. The second-order valence-electron chi connectivity index (χ2n) is 21.3. The number of esters is 3. The van der Waals surface area contributed by atoms with Crippen LogP contribution in [0, 0.1) is 0 Å². The molecule has 68 heavy (non-hydrogen) atoms. The van der Waals surface area contributed by atoms with E-state index in [0.717, 1.165) is 57.8 Å². The molecule has 0 bridgehead atoms. The summed E-state index contributed by atoms with van der Waals surface area (Å²) in [6.45, 7) is 6.72. The minimum absolute atomic E-state index is 0.0607. The summed E-state index contributed by atoms with van der Waals surface area (Å²) in [6, 6.07) is 0. The molecule has 0 heterocycles. The van der Waals surface area contributed by atoms with E-state index >= 15 is 0 Å². The zero-order chi connectivity index (χ0) is 49.3. The summed E-state index contributed by atoms with van der Waals surface area (Å²) in [6.07, 6.45) is 65.3. The van der Waals surface area contributed by atoms with Gasteiger partial charge in [-0.1, -0.05) is 323 Å². The zero-order valence-corrected chi connectivity index (χ0v) is 46.4. The van der Waals surface area contributed by atoms with Crippen LogP contribution in [-0.2, 0) is 28.6 Å². The maximum Gasteiger partial charge on any atom is 0.306 e. The van der Waals surface area contributed by atoms with Gasteiger partial charge in [0.25, 0.3) is 0 Å². The lowest BCUT2D eigenvalue weighted by atomic mass is 10.0. The van der Waals surface area contributed by atoms with E-state index in [4.69, 9.17) is 14.2 Å². The summed E-state index contributed by atoms with van der Waals surface area (Å²) in [7, 11) is 0. The maximum atomic E-state index is 12.9. The summed E-state index contributed by atoms with van der Waals surface area (Å²) in [5, 5.41) is 0. The number of carbonyl (C=O) groups excluding carboxylic acids is 3. The summed E-state index contributed by atoms with van der Waals surface area (Å²) in [5.74, 6) is -0.827. The van der Waals surface area contributed by atoms with Crippen molar-refractivity contribution in [1.82, 2.24) is 0 Å². The van der Waals surface area contributed by atoms with Crippen LogP contribution in [0.25, 0.3) is 0 Å². The van der Waals surface area contributed by atoms with Gasteiger partial charge in [0.15, 0.2) is 6.10 Å². The molecule has 0 rings (SSSR count). The van der Waals surface area contributed by atoms with Crippen LogP contribution in [0.2, 0.25) is 0 Å². The van der Waals surface area contributed by atoms with E-state index in [-0.39, 0.29) is 31.1 Å². The SMILES string of the molecule is CCCCCCCCCCCCCCCCCCCCCC(=O)O[C@@H](COC(=O)CCCCCCCCCCCCCCCC)COC(=O)CCCCCCCCCCCCCCCCCCC. The minimum atomic E-state index is -0.761. The van der Waals surface area contributed by atoms with Crippen molar-refractivity contribution in [2.75, 3.05) is 13.2 Å². The molecule has 0 saturated heterocycles. The molecule has 0 aliphatic rings. The van der Waals surface area contributed by atoms with Gasteiger partial charge in [0.05, 0.1) is 0 Å². The van der Waals surface area contributed by atoms with Gasteiger partial charge in [0, 0.05) is 19.3 Å². The molecule has 0 saturated carbocycles. The molecule has 0 unspecified atom stereocenters. The number of unbranched alkanes of at least 4 members (excludes halogenated alkanes) is 47. The molecule has 0 radical (unpaired) electrons. The molecule has 1 atom stereocenters. The van der Waals surface area contributed by atoms with Gasteiger partial charge in [-0.05, 0) is 19.3 Å². The number of ether oxygens (including phenoxy) is 3. The van der Waals surface area contributed by atoms with Crippen LogP contribution in [0.15, 0.2) is 0 Å². The molecule has 6 nitrogen and oxygen atoms in total. The smallest absolute Gasteiger partial charge is 0.306 e. The molecule has 0 aliphatic heterocycles. The fourth-order valence-corrected chi connectivity index (χ4v) is 9.68. The highest BCUT2D eigenvalue weighted by Gasteiger charge is 2.19. The van der Waals surface area contributed by atoms with Crippen LogP contribution in [0.5, 0.6) is 0 Å². The molecule has 0 aromatic carbocycles. The average molecular weight is 962 g/mol. The third-order valence-corrected chi connectivity index (χ3v) is 14.4. The Balaban J connectivity index is 4.27. The van der Waals surface area contributed by atoms with Crippen molar-refractivity contribution >= 4 is 17.9 Å². The monoisotopic (exact) mass is 961 g/mol. The van der Waals surface area contributed by atoms with Crippen molar-refractivity contribution in [2.24, 2.45) is 0 Å². The van der Waals surface area contributed by atoms with Gasteiger partial charge in [-0.25, -0.2) is 0 Å². The Kier molecular flexibility index (Phi) is 56.6.